The first-order valence-corrected chi connectivity index (χ1v) is 9.22. The number of ether oxygens (including phenoxy) is 1. The van der Waals surface area contributed by atoms with Crippen molar-refractivity contribution >= 4 is 44.5 Å². The van der Waals surface area contributed by atoms with Crippen LogP contribution in [-0.2, 0) is 11.3 Å². The van der Waals surface area contributed by atoms with Crippen LogP contribution in [0, 0.1) is 0 Å². The molecule has 22 heavy (non-hydrogen) atoms. The average Bonchev–Trinajstić information content (AvgIpc) is 3.16. The summed E-state index contributed by atoms with van der Waals surface area (Å²) in [6, 6.07) is 4.15. The van der Waals surface area contributed by atoms with Crippen molar-refractivity contribution in [2.75, 3.05) is 26.3 Å². The number of rotatable bonds is 3. The summed E-state index contributed by atoms with van der Waals surface area (Å²) >= 11 is 9.80. The second-order valence-corrected chi connectivity index (χ2v) is 7.29. The maximum absolute atomic E-state index is 6.46. The van der Waals surface area contributed by atoms with Gasteiger partial charge in [0, 0.05) is 28.9 Å². The van der Waals surface area contributed by atoms with Crippen LogP contribution < -0.4 is 0 Å². The van der Waals surface area contributed by atoms with E-state index in [2.05, 4.69) is 26.7 Å². The summed E-state index contributed by atoms with van der Waals surface area (Å²) in [5.41, 5.74) is 1.14. The Morgan fingerprint density at radius 2 is 2.09 bits per heavy atom. The zero-order valence-electron chi connectivity index (χ0n) is 11.8. The molecule has 1 aliphatic heterocycles. The number of thiophene rings is 2. The molecular formula is C15H14ClN3OS2. The molecule has 0 bridgehead atoms. The van der Waals surface area contributed by atoms with Gasteiger partial charge in [-0.05, 0) is 11.4 Å². The van der Waals surface area contributed by atoms with Gasteiger partial charge in [-0.15, -0.1) is 22.7 Å². The predicted molar refractivity (Wildman–Crippen MR) is 91.8 cm³/mol. The van der Waals surface area contributed by atoms with Crippen molar-refractivity contribution in [1.29, 1.82) is 0 Å². The van der Waals surface area contributed by atoms with Crippen LogP contribution in [0.4, 0.5) is 0 Å². The molecule has 0 amide bonds. The molecular weight excluding hydrogens is 338 g/mol. The third kappa shape index (κ3) is 2.77. The summed E-state index contributed by atoms with van der Waals surface area (Å²) in [7, 11) is 0. The Labute approximate surface area is 141 Å². The number of nitrogens with zero attached hydrogens (tertiary/aromatic N) is 3. The van der Waals surface area contributed by atoms with E-state index in [1.807, 2.05) is 6.07 Å². The van der Waals surface area contributed by atoms with Gasteiger partial charge >= 0.3 is 0 Å². The van der Waals surface area contributed by atoms with Crippen molar-refractivity contribution in [2.45, 2.75) is 6.54 Å². The Morgan fingerprint density at radius 1 is 1.23 bits per heavy atom. The molecule has 0 aliphatic carbocycles. The molecule has 7 heteroatoms. The first kappa shape index (κ1) is 14.5. The highest BCUT2D eigenvalue weighted by Gasteiger charge is 2.17. The molecule has 3 aromatic heterocycles. The zero-order valence-corrected chi connectivity index (χ0v) is 14.2. The minimum atomic E-state index is 0.554. The Kier molecular flexibility index (Phi) is 4.11. The summed E-state index contributed by atoms with van der Waals surface area (Å²) < 4.78 is 5.37. The van der Waals surface area contributed by atoms with Crippen LogP contribution in [0.3, 0.4) is 0 Å². The highest BCUT2D eigenvalue weighted by atomic mass is 35.5. The fourth-order valence-electron chi connectivity index (χ4n) is 2.58. The molecule has 114 valence electrons. The SMILES string of the molecule is Clc1nc(CN2CCOCC2)nc2scc(-c3cccs3)c12. The van der Waals surface area contributed by atoms with Gasteiger partial charge in [0.05, 0.1) is 25.1 Å². The molecule has 0 N–H and O–H groups in total. The molecule has 4 rings (SSSR count). The third-order valence-electron chi connectivity index (χ3n) is 3.69. The number of aromatic nitrogens is 2. The van der Waals surface area contributed by atoms with Crippen LogP contribution >= 0.6 is 34.3 Å². The van der Waals surface area contributed by atoms with E-state index >= 15 is 0 Å². The van der Waals surface area contributed by atoms with Gasteiger partial charge in [-0.1, -0.05) is 17.7 Å². The highest BCUT2D eigenvalue weighted by Crippen LogP contribution is 2.38. The van der Waals surface area contributed by atoms with Crippen molar-refractivity contribution in [2.24, 2.45) is 0 Å². The molecule has 0 unspecified atom stereocenters. The number of fused-ring (bicyclic) bond motifs is 1. The third-order valence-corrected chi connectivity index (χ3v) is 5.74. The van der Waals surface area contributed by atoms with Crippen LogP contribution in [0.2, 0.25) is 5.15 Å². The second kappa shape index (κ2) is 6.22. The van der Waals surface area contributed by atoms with Gasteiger partial charge in [-0.25, -0.2) is 9.97 Å². The second-order valence-electron chi connectivity index (χ2n) is 5.13. The lowest BCUT2D eigenvalue weighted by atomic mass is 10.2. The smallest absolute Gasteiger partial charge is 0.145 e. The largest absolute Gasteiger partial charge is 0.379 e. The molecule has 1 fully saturated rings. The molecule has 4 nitrogen and oxygen atoms in total. The van der Waals surface area contributed by atoms with E-state index in [9.17, 15) is 0 Å². The summed E-state index contributed by atoms with van der Waals surface area (Å²) in [5, 5.41) is 5.72. The van der Waals surface area contributed by atoms with Crippen LogP contribution in [0.15, 0.2) is 22.9 Å². The van der Waals surface area contributed by atoms with E-state index in [4.69, 9.17) is 21.3 Å². The van der Waals surface area contributed by atoms with Crippen molar-refractivity contribution in [3.63, 3.8) is 0 Å². The minimum Gasteiger partial charge on any atom is -0.379 e. The fourth-order valence-corrected chi connectivity index (χ4v) is 4.71. The van der Waals surface area contributed by atoms with Crippen LogP contribution in [0.5, 0.6) is 0 Å². The van der Waals surface area contributed by atoms with Gasteiger partial charge in [0.25, 0.3) is 0 Å². The maximum atomic E-state index is 6.46. The molecule has 0 spiro atoms. The normalized spacial score (nSPS) is 16.4. The number of halogens is 1. The standard InChI is InChI=1S/C15H14ClN3OS2/c16-14-13-10(11-2-1-7-21-11)9-22-15(13)18-12(17-14)8-19-3-5-20-6-4-19/h1-2,7,9H,3-6,8H2. The molecule has 4 heterocycles. The molecule has 0 atom stereocenters. The fraction of sp³-hybridized carbons (Fsp3) is 0.333. The van der Waals surface area contributed by atoms with Gasteiger partial charge in [0.2, 0.25) is 0 Å². The van der Waals surface area contributed by atoms with E-state index < -0.39 is 0 Å². The first-order valence-electron chi connectivity index (χ1n) is 7.09. The number of hydrogen-bond acceptors (Lipinski definition) is 6. The Hall–Kier alpha value is -1.05. The predicted octanol–water partition coefficient (Wildman–Crippen LogP) is 3.91. The van der Waals surface area contributed by atoms with Gasteiger partial charge in [0.1, 0.15) is 15.8 Å². The highest BCUT2D eigenvalue weighted by molar-refractivity contribution is 7.18. The van der Waals surface area contributed by atoms with Crippen LogP contribution in [0.25, 0.3) is 20.7 Å². The van der Waals surface area contributed by atoms with Gasteiger partial charge < -0.3 is 4.74 Å². The Bertz CT molecular complexity index is 782. The number of morpholine rings is 1. The van der Waals surface area contributed by atoms with Gasteiger partial charge in [-0.2, -0.15) is 0 Å². The molecule has 1 saturated heterocycles. The Morgan fingerprint density at radius 3 is 2.86 bits per heavy atom. The van der Waals surface area contributed by atoms with E-state index in [-0.39, 0.29) is 0 Å². The molecule has 3 aromatic rings. The quantitative estimate of drug-likeness (QED) is 0.671. The summed E-state index contributed by atoms with van der Waals surface area (Å²) in [6.07, 6.45) is 0. The zero-order chi connectivity index (χ0) is 14.9. The molecule has 1 aliphatic rings. The topological polar surface area (TPSA) is 38.2 Å². The monoisotopic (exact) mass is 351 g/mol. The Balaban J connectivity index is 1.69. The lowest BCUT2D eigenvalue weighted by Gasteiger charge is -2.25. The molecule has 0 radical (unpaired) electrons. The first-order chi connectivity index (χ1) is 10.8. The average molecular weight is 352 g/mol. The van der Waals surface area contributed by atoms with Crippen molar-refractivity contribution in [3.05, 3.63) is 33.9 Å². The number of hydrogen-bond donors (Lipinski definition) is 0. The van der Waals surface area contributed by atoms with Crippen LogP contribution in [0.1, 0.15) is 5.82 Å². The van der Waals surface area contributed by atoms with Gasteiger partial charge in [-0.3, -0.25) is 4.90 Å². The van der Waals surface area contributed by atoms with Crippen molar-refractivity contribution in [1.82, 2.24) is 14.9 Å². The summed E-state index contributed by atoms with van der Waals surface area (Å²) in [5.74, 6) is 0.791. The lowest BCUT2D eigenvalue weighted by Crippen LogP contribution is -2.36. The maximum Gasteiger partial charge on any atom is 0.145 e. The van der Waals surface area contributed by atoms with Crippen molar-refractivity contribution < 1.29 is 4.74 Å². The van der Waals surface area contributed by atoms with Crippen LogP contribution in [-0.4, -0.2) is 41.2 Å². The molecule has 0 saturated carbocycles. The molecule has 0 aromatic carbocycles. The minimum absolute atomic E-state index is 0.554. The summed E-state index contributed by atoms with van der Waals surface area (Å²) in [6.45, 7) is 4.12. The van der Waals surface area contributed by atoms with E-state index in [1.54, 1.807) is 22.7 Å². The lowest BCUT2D eigenvalue weighted by molar-refractivity contribution is 0.0331. The summed E-state index contributed by atoms with van der Waals surface area (Å²) in [4.78, 5) is 13.7. The van der Waals surface area contributed by atoms with Crippen molar-refractivity contribution in [3.8, 4) is 10.4 Å². The van der Waals surface area contributed by atoms with Gasteiger partial charge in [0.15, 0.2) is 0 Å². The van der Waals surface area contributed by atoms with E-state index in [0.29, 0.717) is 5.15 Å². The van der Waals surface area contributed by atoms with E-state index in [1.165, 1.54) is 4.88 Å². The van der Waals surface area contributed by atoms with E-state index in [0.717, 1.165) is 54.5 Å².